The Morgan fingerprint density at radius 3 is 2.44 bits per heavy atom. The molecular formula is C27H32N4S. The summed E-state index contributed by atoms with van der Waals surface area (Å²) in [5.74, 6) is 0. The lowest BCUT2D eigenvalue weighted by molar-refractivity contribution is 0.197. The first-order chi connectivity index (χ1) is 15.6. The molecule has 0 bridgehead atoms. The molecule has 32 heavy (non-hydrogen) atoms. The Labute approximate surface area is 196 Å². The molecule has 2 aliphatic rings. The van der Waals surface area contributed by atoms with Crippen molar-refractivity contribution in [1.82, 2.24) is 19.8 Å². The summed E-state index contributed by atoms with van der Waals surface area (Å²) in [6.07, 6.45) is 8.21. The van der Waals surface area contributed by atoms with Crippen molar-refractivity contribution in [3.8, 4) is 5.69 Å². The Hall–Kier alpha value is -2.66. The van der Waals surface area contributed by atoms with Gasteiger partial charge in [0.25, 0.3) is 0 Å². The summed E-state index contributed by atoms with van der Waals surface area (Å²) >= 11 is 5.95. The fourth-order valence-corrected chi connectivity index (χ4v) is 6.11. The van der Waals surface area contributed by atoms with Crippen molar-refractivity contribution in [3.05, 3.63) is 82.9 Å². The van der Waals surface area contributed by atoms with Crippen molar-refractivity contribution < 1.29 is 0 Å². The Morgan fingerprint density at radius 1 is 0.969 bits per heavy atom. The van der Waals surface area contributed by atoms with Gasteiger partial charge in [0, 0.05) is 29.3 Å². The van der Waals surface area contributed by atoms with Gasteiger partial charge < -0.3 is 14.8 Å². The van der Waals surface area contributed by atoms with E-state index in [0.717, 1.165) is 10.8 Å². The van der Waals surface area contributed by atoms with Crippen LogP contribution in [-0.4, -0.2) is 25.6 Å². The second kappa shape index (κ2) is 8.70. The van der Waals surface area contributed by atoms with E-state index in [1.54, 1.807) is 0 Å². The lowest BCUT2D eigenvalue weighted by Gasteiger charge is -2.37. The van der Waals surface area contributed by atoms with E-state index in [2.05, 4.69) is 78.0 Å². The molecule has 0 spiro atoms. The van der Waals surface area contributed by atoms with Crippen molar-refractivity contribution in [1.29, 1.82) is 0 Å². The minimum absolute atomic E-state index is 0.0523. The Morgan fingerprint density at radius 2 is 1.72 bits per heavy atom. The molecule has 1 aliphatic heterocycles. The number of benzene rings is 1. The maximum Gasteiger partial charge on any atom is 0.170 e. The van der Waals surface area contributed by atoms with Crippen LogP contribution in [0.25, 0.3) is 5.69 Å². The monoisotopic (exact) mass is 444 g/mol. The topological polar surface area (TPSA) is 33.1 Å². The van der Waals surface area contributed by atoms with Gasteiger partial charge in [-0.1, -0.05) is 43.5 Å². The van der Waals surface area contributed by atoms with Crippen molar-refractivity contribution in [2.75, 3.05) is 0 Å². The first kappa shape index (κ1) is 21.2. The molecule has 166 valence electrons. The molecule has 5 rings (SSSR count). The normalized spacial score (nSPS) is 21.7. The van der Waals surface area contributed by atoms with E-state index in [1.165, 1.54) is 60.3 Å². The standard InChI is InChI=1S/C27H32N4S/c1-18-11-7-8-15-24(18)30-19(2)17-22(20(30)3)26-25(23-14-9-10-16-28-23)29-27(32)31(26)21-12-5-4-6-13-21/h7-11,14-17,21,25-26H,4-6,12-13H2,1-3H3,(H,29,32). The summed E-state index contributed by atoms with van der Waals surface area (Å²) in [5.41, 5.74) is 7.48. The van der Waals surface area contributed by atoms with Gasteiger partial charge in [0.15, 0.2) is 5.11 Å². The average Bonchev–Trinajstić information content (AvgIpc) is 3.31. The van der Waals surface area contributed by atoms with E-state index in [0.29, 0.717) is 6.04 Å². The molecule has 3 aromatic rings. The van der Waals surface area contributed by atoms with E-state index < -0.39 is 0 Å². The van der Waals surface area contributed by atoms with Crippen LogP contribution in [0.1, 0.15) is 72.4 Å². The molecule has 3 heterocycles. The van der Waals surface area contributed by atoms with Gasteiger partial charge in [-0.15, -0.1) is 0 Å². The number of aromatic nitrogens is 2. The van der Waals surface area contributed by atoms with Crippen LogP contribution >= 0.6 is 12.2 Å². The van der Waals surface area contributed by atoms with E-state index in [1.807, 2.05) is 12.3 Å². The van der Waals surface area contributed by atoms with Gasteiger partial charge in [-0.2, -0.15) is 0 Å². The summed E-state index contributed by atoms with van der Waals surface area (Å²) in [6, 6.07) is 17.9. The third-order valence-electron chi connectivity index (χ3n) is 7.25. The molecule has 0 amide bonds. The summed E-state index contributed by atoms with van der Waals surface area (Å²) in [4.78, 5) is 7.24. The van der Waals surface area contributed by atoms with Gasteiger partial charge in [-0.25, -0.2) is 0 Å². The number of para-hydroxylation sites is 1. The molecule has 1 N–H and O–H groups in total. The van der Waals surface area contributed by atoms with Crippen molar-refractivity contribution in [3.63, 3.8) is 0 Å². The molecule has 1 saturated carbocycles. The molecule has 2 aromatic heterocycles. The molecule has 2 unspecified atom stereocenters. The van der Waals surface area contributed by atoms with Crippen LogP contribution in [0, 0.1) is 20.8 Å². The molecule has 2 atom stereocenters. The third-order valence-corrected chi connectivity index (χ3v) is 7.58. The summed E-state index contributed by atoms with van der Waals surface area (Å²) < 4.78 is 2.40. The summed E-state index contributed by atoms with van der Waals surface area (Å²) in [6.45, 7) is 6.65. The molecule has 5 heteroatoms. The number of aryl methyl sites for hydroxylation is 2. The van der Waals surface area contributed by atoms with Gasteiger partial charge in [0.05, 0.1) is 17.8 Å². The second-order valence-electron chi connectivity index (χ2n) is 9.27. The summed E-state index contributed by atoms with van der Waals surface area (Å²) in [5, 5.41) is 4.53. The van der Waals surface area contributed by atoms with Crippen LogP contribution in [0.15, 0.2) is 54.7 Å². The van der Waals surface area contributed by atoms with Gasteiger partial charge in [0.2, 0.25) is 0 Å². The second-order valence-corrected chi connectivity index (χ2v) is 9.66. The Balaban J connectivity index is 1.64. The zero-order chi connectivity index (χ0) is 22.2. The van der Waals surface area contributed by atoms with Gasteiger partial charge >= 0.3 is 0 Å². The highest BCUT2D eigenvalue weighted by Crippen LogP contribution is 2.44. The lowest BCUT2D eigenvalue weighted by Crippen LogP contribution is -2.40. The third kappa shape index (κ3) is 3.62. The van der Waals surface area contributed by atoms with Crippen LogP contribution in [-0.2, 0) is 0 Å². The smallest absolute Gasteiger partial charge is 0.170 e. The number of pyridine rings is 1. The maximum atomic E-state index is 5.95. The number of hydrogen-bond acceptors (Lipinski definition) is 2. The summed E-state index contributed by atoms with van der Waals surface area (Å²) in [7, 11) is 0. The first-order valence-electron chi connectivity index (χ1n) is 11.8. The zero-order valence-electron chi connectivity index (χ0n) is 19.2. The molecule has 2 fully saturated rings. The van der Waals surface area contributed by atoms with Crippen LogP contribution in [0.4, 0.5) is 0 Å². The number of thiocarbonyl (C=S) groups is 1. The predicted molar refractivity (Wildman–Crippen MR) is 134 cm³/mol. The maximum absolute atomic E-state index is 5.95. The van der Waals surface area contributed by atoms with Gasteiger partial charge in [-0.05, 0) is 81.2 Å². The highest BCUT2D eigenvalue weighted by Gasteiger charge is 2.44. The number of rotatable bonds is 4. The molecule has 0 radical (unpaired) electrons. The lowest BCUT2D eigenvalue weighted by atomic mass is 9.90. The molecule has 1 aromatic carbocycles. The SMILES string of the molecule is Cc1ccccc1-n1c(C)cc(C2C(c3ccccn3)NC(=S)N2C2CCCCC2)c1C. The van der Waals surface area contributed by atoms with Crippen LogP contribution in [0.2, 0.25) is 0 Å². The number of hydrogen-bond donors (Lipinski definition) is 1. The zero-order valence-corrected chi connectivity index (χ0v) is 20.0. The van der Waals surface area contributed by atoms with E-state index >= 15 is 0 Å². The Bertz CT molecular complexity index is 1110. The highest BCUT2D eigenvalue weighted by atomic mass is 32.1. The quantitative estimate of drug-likeness (QED) is 0.493. The van der Waals surface area contributed by atoms with Crippen LogP contribution in [0.3, 0.4) is 0 Å². The minimum atomic E-state index is 0.0523. The fraction of sp³-hybridized carbons (Fsp3) is 0.407. The Kier molecular flexibility index (Phi) is 5.76. The van der Waals surface area contributed by atoms with E-state index in [9.17, 15) is 0 Å². The highest BCUT2D eigenvalue weighted by molar-refractivity contribution is 7.80. The van der Waals surface area contributed by atoms with E-state index in [-0.39, 0.29) is 12.1 Å². The number of nitrogens with one attached hydrogen (secondary N) is 1. The first-order valence-corrected chi connectivity index (χ1v) is 12.2. The molecule has 4 nitrogen and oxygen atoms in total. The van der Waals surface area contributed by atoms with Crippen molar-refractivity contribution in [2.45, 2.75) is 71.0 Å². The fourth-order valence-electron chi connectivity index (χ4n) is 5.72. The predicted octanol–water partition coefficient (Wildman–Crippen LogP) is 6.10. The van der Waals surface area contributed by atoms with Crippen molar-refractivity contribution >= 4 is 17.3 Å². The molecule has 1 saturated heterocycles. The van der Waals surface area contributed by atoms with Crippen LogP contribution < -0.4 is 5.32 Å². The molecule has 1 aliphatic carbocycles. The minimum Gasteiger partial charge on any atom is -0.352 e. The largest absolute Gasteiger partial charge is 0.352 e. The van der Waals surface area contributed by atoms with Crippen molar-refractivity contribution in [2.24, 2.45) is 0 Å². The van der Waals surface area contributed by atoms with E-state index in [4.69, 9.17) is 17.2 Å². The average molecular weight is 445 g/mol. The van der Waals surface area contributed by atoms with Gasteiger partial charge in [-0.3, -0.25) is 4.98 Å². The van der Waals surface area contributed by atoms with Gasteiger partial charge in [0.1, 0.15) is 0 Å². The number of nitrogens with zero attached hydrogens (tertiary/aromatic N) is 3. The molecular weight excluding hydrogens is 412 g/mol. The van der Waals surface area contributed by atoms with Crippen LogP contribution in [0.5, 0.6) is 0 Å².